The Morgan fingerprint density at radius 1 is 1.15 bits per heavy atom. The van der Waals surface area contributed by atoms with Crippen LogP contribution in [-0.2, 0) is 6.42 Å². The second-order valence-corrected chi connectivity index (χ2v) is 9.33. The number of rotatable bonds is 6. The number of H-pyrrole nitrogens is 1. The Hall–Kier alpha value is -3.71. The first-order valence-electron chi connectivity index (χ1n) is 11.1. The fraction of sp³-hybridized carbons (Fsp3) is 0.192. The summed E-state index contributed by atoms with van der Waals surface area (Å²) in [6, 6.07) is 17.8. The molecule has 0 aliphatic rings. The van der Waals surface area contributed by atoms with Crippen molar-refractivity contribution >= 4 is 49.3 Å². The minimum atomic E-state index is 0.257. The molecule has 7 heteroatoms. The van der Waals surface area contributed by atoms with E-state index in [4.69, 9.17) is 9.97 Å². The van der Waals surface area contributed by atoms with E-state index in [0.717, 1.165) is 46.9 Å². The molecule has 6 nitrogen and oxygen atoms in total. The molecule has 1 radical (unpaired) electrons. The van der Waals surface area contributed by atoms with Gasteiger partial charge >= 0.3 is 0 Å². The standard InChI is InChI=1S/C26H23N6S/c1-16(2)32-15-29-23-25(27-12-11-17-13-28-21-9-5-3-7-18(17)21)30-24(31-26(23)32)20-14-33-22-10-6-4-8-19(20)22/h4-10,13-16,28H,11-12H2,1-2H3,(H,27,30,31). The number of benzene rings is 2. The number of thiophene rings is 1. The van der Waals surface area contributed by atoms with Crippen molar-refractivity contribution in [1.82, 2.24) is 24.5 Å². The monoisotopic (exact) mass is 451 g/mol. The quantitative estimate of drug-likeness (QED) is 0.315. The second kappa shape index (κ2) is 8.01. The molecule has 0 unspecified atom stereocenters. The van der Waals surface area contributed by atoms with E-state index in [-0.39, 0.29) is 6.04 Å². The van der Waals surface area contributed by atoms with E-state index in [1.807, 2.05) is 18.5 Å². The van der Waals surface area contributed by atoms with Gasteiger partial charge in [0.1, 0.15) is 5.52 Å². The lowest BCUT2D eigenvalue weighted by molar-refractivity contribution is 0.613. The highest BCUT2D eigenvalue weighted by molar-refractivity contribution is 7.17. The van der Waals surface area contributed by atoms with Crippen LogP contribution in [0, 0.1) is 6.07 Å². The Kier molecular flexibility index (Phi) is 4.84. The second-order valence-electron chi connectivity index (χ2n) is 8.42. The van der Waals surface area contributed by atoms with Crippen LogP contribution in [0.1, 0.15) is 25.5 Å². The van der Waals surface area contributed by atoms with Gasteiger partial charge in [-0.15, -0.1) is 11.3 Å². The summed E-state index contributed by atoms with van der Waals surface area (Å²) in [6.07, 6.45) is 4.80. The molecule has 4 heterocycles. The molecular formula is C26H23N6S. The van der Waals surface area contributed by atoms with Crippen molar-refractivity contribution in [3.63, 3.8) is 0 Å². The predicted molar refractivity (Wildman–Crippen MR) is 136 cm³/mol. The molecule has 0 fully saturated rings. The maximum absolute atomic E-state index is 4.96. The molecule has 0 spiro atoms. The number of fused-ring (bicyclic) bond motifs is 3. The summed E-state index contributed by atoms with van der Waals surface area (Å²) in [5.74, 6) is 1.50. The number of aromatic amines is 1. The van der Waals surface area contributed by atoms with Crippen LogP contribution in [-0.4, -0.2) is 31.0 Å². The van der Waals surface area contributed by atoms with Gasteiger partial charge in [0.25, 0.3) is 0 Å². The van der Waals surface area contributed by atoms with Gasteiger partial charge in [0.05, 0.1) is 6.33 Å². The van der Waals surface area contributed by atoms with Crippen molar-refractivity contribution < 1.29 is 0 Å². The van der Waals surface area contributed by atoms with E-state index in [0.29, 0.717) is 0 Å². The molecule has 0 saturated carbocycles. The molecule has 4 aromatic heterocycles. The van der Waals surface area contributed by atoms with Gasteiger partial charge in [-0.25, -0.2) is 15.0 Å². The molecular weight excluding hydrogens is 428 g/mol. The topological polar surface area (TPSA) is 71.4 Å². The molecule has 0 saturated heterocycles. The molecule has 6 rings (SSSR count). The van der Waals surface area contributed by atoms with Gasteiger partial charge in [0, 0.05) is 50.7 Å². The van der Waals surface area contributed by atoms with Crippen molar-refractivity contribution in [3.05, 3.63) is 72.0 Å². The number of hydrogen-bond acceptors (Lipinski definition) is 5. The summed E-state index contributed by atoms with van der Waals surface area (Å²) < 4.78 is 3.34. The van der Waals surface area contributed by atoms with Crippen molar-refractivity contribution in [2.24, 2.45) is 0 Å². The fourth-order valence-electron chi connectivity index (χ4n) is 4.28. The SMILES string of the molecule is CC(C)n1cnc2c(NCCc3c[nH]c4cc[c]cc34)nc(-c3csc4ccccc34)nc21. The Balaban J connectivity index is 1.38. The molecule has 0 aliphatic heterocycles. The smallest absolute Gasteiger partial charge is 0.166 e. The highest BCUT2D eigenvalue weighted by Crippen LogP contribution is 2.34. The van der Waals surface area contributed by atoms with Crippen LogP contribution in [0.25, 0.3) is 43.5 Å². The zero-order valence-corrected chi connectivity index (χ0v) is 19.3. The molecule has 6 aromatic rings. The normalized spacial score (nSPS) is 11.8. The number of hydrogen-bond donors (Lipinski definition) is 2. The zero-order valence-electron chi connectivity index (χ0n) is 18.5. The van der Waals surface area contributed by atoms with Crippen LogP contribution in [0.5, 0.6) is 0 Å². The molecule has 2 N–H and O–H groups in total. The lowest BCUT2D eigenvalue weighted by atomic mass is 10.1. The number of aromatic nitrogens is 5. The van der Waals surface area contributed by atoms with Gasteiger partial charge in [0.2, 0.25) is 0 Å². The molecule has 0 amide bonds. The van der Waals surface area contributed by atoms with Crippen molar-refractivity contribution in [2.75, 3.05) is 11.9 Å². The summed E-state index contributed by atoms with van der Waals surface area (Å²) in [5.41, 5.74) is 5.12. The fourth-order valence-corrected chi connectivity index (χ4v) is 5.22. The van der Waals surface area contributed by atoms with Gasteiger partial charge in [-0.05, 0) is 50.1 Å². The Labute approximate surface area is 195 Å². The van der Waals surface area contributed by atoms with E-state index >= 15 is 0 Å². The average Bonchev–Trinajstić information content (AvgIpc) is 3.55. The largest absolute Gasteiger partial charge is 0.368 e. The maximum Gasteiger partial charge on any atom is 0.166 e. The Morgan fingerprint density at radius 3 is 2.97 bits per heavy atom. The highest BCUT2D eigenvalue weighted by atomic mass is 32.1. The van der Waals surface area contributed by atoms with Crippen molar-refractivity contribution in [3.8, 4) is 11.4 Å². The van der Waals surface area contributed by atoms with E-state index in [9.17, 15) is 0 Å². The minimum absolute atomic E-state index is 0.257. The average molecular weight is 452 g/mol. The molecule has 163 valence electrons. The molecule has 33 heavy (non-hydrogen) atoms. The summed E-state index contributed by atoms with van der Waals surface area (Å²) in [6.45, 7) is 5.03. The molecule has 0 aliphatic carbocycles. The van der Waals surface area contributed by atoms with Crippen LogP contribution < -0.4 is 5.32 Å². The first-order chi connectivity index (χ1) is 16.2. The van der Waals surface area contributed by atoms with Crippen LogP contribution in [0.4, 0.5) is 5.82 Å². The van der Waals surface area contributed by atoms with Gasteiger partial charge < -0.3 is 14.9 Å². The predicted octanol–water partition coefficient (Wildman–Crippen LogP) is 6.22. The van der Waals surface area contributed by atoms with E-state index in [2.05, 4.69) is 81.7 Å². The van der Waals surface area contributed by atoms with E-state index in [1.54, 1.807) is 11.3 Å². The maximum atomic E-state index is 4.96. The summed E-state index contributed by atoms with van der Waals surface area (Å²) in [7, 11) is 0. The Morgan fingerprint density at radius 2 is 2.06 bits per heavy atom. The van der Waals surface area contributed by atoms with Crippen LogP contribution >= 0.6 is 11.3 Å². The summed E-state index contributed by atoms with van der Waals surface area (Å²) in [5, 5.41) is 8.08. The lowest BCUT2D eigenvalue weighted by Crippen LogP contribution is -2.09. The van der Waals surface area contributed by atoms with Gasteiger partial charge in [0.15, 0.2) is 17.3 Å². The number of nitrogens with one attached hydrogen (secondary N) is 2. The van der Waals surface area contributed by atoms with E-state index in [1.165, 1.54) is 21.0 Å². The molecule has 0 bridgehead atoms. The third-order valence-corrected chi connectivity index (χ3v) is 6.96. The Bertz CT molecular complexity index is 1590. The third kappa shape index (κ3) is 3.45. The zero-order chi connectivity index (χ0) is 22.4. The first-order valence-corrected chi connectivity index (χ1v) is 12.0. The van der Waals surface area contributed by atoms with Gasteiger partial charge in [-0.1, -0.05) is 24.3 Å². The van der Waals surface area contributed by atoms with E-state index < -0.39 is 0 Å². The van der Waals surface area contributed by atoms with Crippen LogP contribution in [0.2, 0.25) is 0 Å². The summed E-state index contributed by atoms with van der Waals surface area (Å²) >= 11 is 1.72. The van der Waals surface area contributed by atoms with Gasteiger partial charge in [-0.3, -0.25) is 0 Å². The van der Waals surface area contributed by atoms with Crippen molar-refractivity contribution in [2.45, 2.75) is 26.3 Å². The third-order valence-electron chi connectivity index (χ3n) is 6.00. The lowest BCUT2D eigenvalue weighted by Gasteiger charge is -2.11. The number of imidazole rings is 1. The van der Waals surface area contributed by atoms with Crippen LogP contribution in [0.15, 0.2) is 60.4 Å². The van der Waals surface area contributed by atoms with Gasteiger partial charge in [-0.2, -0.15) is 0 Å². The minimum Gasteiger partial charge on any atom is -0.368 e. The number of nitrogens with zero attached hydrogens (tertiary/aromatic N) is 4. The summed E-state index contributed by atoms with van der Waals surface area (Å²) in [4.78, 5) is 17.9. The molecule has 0 atom stereocenters. The molecule has 2 aromatic carbocycles. The number of anilines is 1. The van der Waals surface area contributed by atoms with Crippen molar-refractivity contribution in [1.29, 1.82) is 0 Å². The highest BCUT2D eigenvalue weighted by Gasteiger charge is 2.17. The van der Waals surface area contributed by atoms with Crippen LogP contribution in [0.3, 0.4) is 0 Å². The first kappa shape index (κ1) is 19.9.